The molecule has 1 amide bonds. The minimum atomic E-state index is -4.63. The first-order valence-corrected chi connectivity index (χ1v) is 16.1. The van der Waals surface area contributed by atoms with Gasteiger partial charge in [0, 0.05) is 42.8 Å². The summed E-state index contributed by atoms with van der Waals surface area (Å²) >= 11 is 0. The van der Waals surface area contributed by atoms with Crippen LogP contribution in [0, 0.1) is 5.82 Å². The predicted octanol–water partition coefficient (Wildman–Crippen LogP) is 4.77. The van der Waals surface area contributed by atoms with Crippen molar-refractivity contribution in [3.8, 4) is 0 Å². The number of sulfonamides is 1. The van der Waals surface area contributed by atoms with Gasteiger partial charge in [-0.3, -0.25) is 9.69 Å². The molecule has 2 heterocycles. The molecule has 1 aromatic heterocycles. The molecule has 13 heteroatoms. The highest BCUT2D eigenvalue weighted by Gasteiger charge is 2.40. The Hall–Kier alpha value is -3.55. The Labute approximate surface area is 255 Å². The number of amides is 1. The molecule has 4 rings (SSSR count). The monoisotopic (exact) mass is 635 g/mol. The molecule has 1 saturated heterocycles. The molecule has 1 unspecified atom stereocenters. The maximum atomic E-state index is 14.6. The number of pyridine rings is 1. The summed E-state index contributed by atoms with van der Waals surface area (Å²) in [5.74, 6) is -1.73. The molecule has 0 spiro atoms. The summed E-state index contributed by atoms with van der Waals surface area (Å²) < 4.78 is 80.5. The van der Waals surface area contributed by atoms with E-state index in [9.17, 15) is 30.8 Å². The van der Waals surface area contributed by atoms with E-state index >= 15 is 0 Å². The van der Waals surface area contributed by atoms with Crippen LogP contribution in [0.2, 0.25) is 0 Å². The second kappa shape index (κ2) is 13.2. The molecule has 238 valence electrons. The van der Waals surface area contributed by atoms with Crippen LogP contribution in [0.3, 0.4) is 0 Å². The van der Waals surface area contributed by atoms with Gasteiger partial charge < -0.3 is 10.2 Å². The van der Waals surface area contributed by atoms with Crippen molar-refractivity contribution >= 4 is 21.7 Å². The molecule has 1 aliphatic rings. The molecule has 1 fully saturated rings. The fourth-order valence-electron chi connectivity index (χ4n) is 5.55. The van der Waals surface area contributed by atoms with Gasteiger partial charge >= 0.3 is 6.18 Å². The van der Waals surface area contributed by atoms with E-state index in [-0.39, 0.29) is 30.0 Å². The zero-order chi connectivity index (χ0) is 32.3. The fraction of sp³-hybridized carbons (Fsp3) is 0.419. The summed E-state index contributed by atoms with van der Waals surface area (Å²) in [7, 11) is 0.487. The van der Waals surface area contributed by atoms with E-state index < -0.39 is 39.5 Å². The van der Waals surface area contributed by atoms with E-state index in [1.807, 2.05) is 37.2 Å². The average molecular weight is 636 g/mol. The maximum absolute atomic E-state index is 14.6. The second-order valence-corrected chi connectivity index (χ2v) is 13.2. The standard InChI is InChI=1S/C31H37F4N5O3S/c1-21(22-10-11-23(26(32)18-22)20-37-44(4,42)43)29(41)36-19-24-12-13-27(31(33,34)35)38-28(24)40-16-14-30(15-17-40,39(2)3)25-8-6-5-7-9-25/h5-13,18,21,37H,14-17,19-20H2,1-4H3,(H,36,41). The van der Waals surface area contributed by atoms with Gasteiger partial charge in [0.15, 0.2) is 0 Å². The predicted molar refractivity (Wildman–Crippen MR) is 161 cm³/mol. The van der Waals surface area contributed by atoms with Crippen LogP contribution in [0.25, 0.3) is 0 Å². The number of nitrogens with zero attached hydrogens (tertiary/aromatic N) is 3. The fourth-order valence-corrected chi connectivity index (χ4v) is 5.97. The Balaban J connectivity index is 1.51. The Bertz CT molecular complexity index is 1570. The highest BCUT2D eigenvalue weighted by atomic mass is 32.2. The van der Waals surface area contributed by atoms with Crippen LogP contribution in [0.5, 0.6) is 0 Å². The van der Waals surface area contributed by atoms with Crippen molar-refractivity contribution < 1.29 is 30.8 Å². The lowest BCUT2D eigenvalue weighted by molar-refractivity contribution is -0.141. The summed E-state index contributed by atoms with van der Waals surface area (Å²) in [5, 5.41) is 2.77. The first-order valence-electron chi connectivity index (χ1n) is 14.2. The number of hydrogen-bond donors (Lipinski definition) is 2. The molecular weight excluding hydrogens is 598 g/mol. The highest BCUT2D eigenvalue weighted by Crippen LogP contribution is 2.39. The molecule has 1 atom stereocenters. The number of halogens is 4. The van der Waals surface area contributed by atoms with Crippen LogP contribution in [-0.4, -0.2) is 57.6 Å². The second-order valence-electron chi connectivity index (χ2n) is 11.3. The SMILES string of the molecule is CC(C(=O)NCc1ccc(C(F)(F)F)nc1N1CCC(c2ccccc2)(N(C)C)CC1)c1ccc(CNS(C)(=O)=O)c(F)c1. The van der Waals surface area contributed by atoms with Gasteiger partial charge in [-0.15, -0.1) is 0 Å². The van der Waals surface area contributed by atoms with Crippen molar-refractivity contribution in [2.75, 3.05) is 38.3 Å². The normalized spacial score (nSPS) is 16.2. The first kappa shape index (κ1) is 33.3. The molecule has 8 nitrogen and oxygen atoms in total. The number of hydrogen-bond acceptors (Lipinski definition) is 6. The molecule has 0 saturated carbocycles. The number of carbonyl (C=O) groups excluding carboxylic acids is 1. The third kappa shape index (κ3) is 7.74. The number of nitrogens with one attached hydrogen (secondary N) is 2. The Morgan fingerprint density at radius 1 is 1.02 bits per heavy atom. The molecule has 2 aromatic carbocycles. The average Bonchev–Trinajstić information content (AvgIpc) is 2.98. The van der Waals surface area contributed by atoms with Crippen molar-refractivity contribution in [3.05, 3.63) is 94.4 Å². The van der Waals surface area contributed by atoms with Crippen LogP contribution >= 0.6 is 0 Å². The van der Waals surface area contributed by atoms with Crippen LogP contribution in [0.15, 0.2) is 60.7 Å². The molecule has 0 aliphatic carbocycles. The van der Waals surface area contributed by atoms with Crippen molar-refractivity contribution in [2.45, 2.75) is 50.5 Å². The smallest absolute Gasteiger partial charge is 0.356 e. The van der Waals surface area contributed by atoms with E-state index in [1.54, 1.807) is 6.92 Å². The Kier molecular flexibility index (Phi) is 10.0. The first-order chi connectivity index (χ1) is 20.6. The topological polar surface area (TPSA) is 94.6 Å². The quantitative estimate of drug-likeness (QED) is 0.312. The molecule has 2 N–H and O–H groups in total. The summed E-state index contributed by atoms with van der Waals surface area (Å²) in [6.07, 6.45) is -2.35. The molecule has 3 aromatic rings. The number of alkyl halides is 3. The van der Waals surface area contributed by atoms with E-state index in [0.717, 1.165) is 17.9 Å². The van der Waals surface area contributed by atoms with Gasteiger partial charge in [0.25, 0.3) is 0 Å². The van der Waals surface area contributed by atoms with E-state index in [0.29, 0.717) is 37.1 Å². The minimum Gasteiger partial charge on any atom is -0.356 e. The lowest BCUT2D eigenvalue weighted by atomic mass is 9.79. The van der Waals surface area contributed by atoms with Crippen molar-refractivity contribution in [1.29, 1.82) is 0 Å². The zero-order valence-electron chi connectivity index (χ0n) is 25.1. The third-order valence-corrected chi connectivity index (χ3v) is 8.92. The highest BCUT2D eigenvalue weighted by molar-refractivity contribution is 7.88. The van der Waals surface area contributed by atoms with Gasteiger partial charge in [0.05, 0.1) is 12.2 Å². The van der Waals surface area contributed by atoms with Crippen molar-refractivity contribution in [1.82, 2.24) is 19.9 Å². The van der Waals surface area contributed by atoms with Gasteiger partial charge in [-0.05, 0) is 57.1 Å². The van der Waals surface area contributed by atoms with Gasteiger partial charge in [-0.2, -0.15) is 13.2 Å². The maximum Gasteiger partial charge on any atom is 0.433 e. The number of anilines is 1. The van der Waals surface area contributed by atoms with Crippen LogP contribution in [-0.2, 0) is 39.6 Å². The van der Waals surface area contributed by atoms with Crippen LogP contribution in [0.4, 0.5) is 23.4 Å². The zero-order valence-corrected chi connectivity index (χ0v) is 25.9. The summed E-state index contributed by atoms with van der Waals surface area (Å²) in [6.45, 7) is 2.19. The molecule has 1 aliphatic heterocycles. The summed E-state index contributed by atoms with van der Waals surface area (Å²) in [5.41, 5.74) is 0.771. The largest absolute Gasteiger partial charge is 0.433 e. The van der Waals surface area contributed by atoms with E-state index in [4.69, 9.17) is 0 Å². The number of aromatic nitrogens is 1. The lowest BCUT2D eigenvalue weighted by Gasteiger charge is -2.47. The third-order valence-electron chi connectivity index (χ3n) is 8.25. The number of carbonyl (C=O) groups is 1. The summed E-state index contributed by atoms with van der Waals surface area (Å²) in [6, 6.07) is 16.4. The minimum absolute atomic E-state index is 0.0729. The number of piperidine rings is 1. The number of rotatable bonds is 10. The molecule has 0 radical (unpaired) electrons. The van der Waals surface area contributed by atoms with Crippen LogP contribution in [0.1, 0.15) is 53.6 Å². The van der Waals surface area contributed by atoms with Crippen LogP contribution < -0.4 is 14.9 Å². The molecule has 44 heavy (non-hydrogen) atoms. The Morgan fingerprint density at radius 2 is 1.66 bits per heavy atom. The van der Waals surface area contributed by atoms with Gasteiger partial charge in [0.1, 0.15) is 17.3 Å². The van der Waals surface area contributed by atoms with Gasteiger partial charge in [0.2, 0.25) is 15.9 Å². The molecular formula is C31H37F4N5O3S. The van der Waals surface area contributed by atoms with E-state index in [2.05, 4.69) is 32.1 Å². The van der Waals surface area contributed by atoms with Gasteiger partial charge in [-0.25, -0.2) is 22.5 Å². The molecule has 0 bridgehead atoms. The van der Waals surface area contributed by atoms with Crippen molar-refractivity contribution in [3.63, 3.8) is 0 Å². The van der Waals surface area contributed by atoms with Crippen molar-refractivity contribution in [2.24, 2.45) is 0 Å². The summed E-state index contributed by atoms with van der Waals surface area (Å²) in [4.78, 5) is 21.1. The lowest BCUT2D eigenvalue weighted by Crippen LogP contribution is -2.51. The van der Waals surface area contributed by atoms with E-state index in [1.165, 1.54) is 24.3 Å². The van der Waals surface area contributed by atoms with Gasteiger partial charge in [-0.1, -0.05) is 48.5 Å². The Morgan fingerprint density at radius 3 is 2.23 bits per heavy atom. The number of benzene rings is 2.